The summed E-state index contributed by atoms with van der Waals surface area (Å²) in [6.07, 6.45) is -6.36. The lowest BCUT2D eigenvalue weighted by Crippen LogP contribution is -2.64. The van der Waals surface area contributed by atoms with Crippen LogP contribution in [0.25, 0.3) is 17.0 Å². The number of hydrogen-bond acceptors (Lipinski definition) is 15. The Balaban J connectivity index is 1.34. The van der Waals surface area contributed by atoms with Crippen molar-refractivity contribution < 1.29 is 78.8 Å². The summed E-state index contributed by atoms with van der Waals surface area (Å²) in [6, 6.07) is 8.16. The fourth-order valence-corrected chi connectivity index (χ4v) is 8.30. The van der Waals surface area contributed by atoms with Gasteiger partial charge in [-0.05, 0) is 54.5 Å². The lowest BCUT2D eigenvalue weighted by atomic mass is 9.88. The fraction of sp³-hybridized carbons (Fsp3) is 0.489. The Morgan fingerprint density at radius 1 is 0.873 bits per heavy atom. The predicted octanol–water partition coefficient (Wildman–Crippen LogP) is -3.11. The van der Waals surface area contributed by atoms with E-state index in [1.807, 2.05) is 41.7 Å². The van der Waals surface area contributed by atoms with Gasteiger partial charge in [-0.25, -0.2) is 4.79 Å². The lowest BCUT2D eigenvalue weighted by molar-refractivity contribution is -0.146. The van der Waals surface area contributed by atoms with Gasteiger partial charge < -0.3 is 82.3 Å². The normalized spacial score (nSPS) is 26.0. The number of unbranched alkanes of at least 4 members (excludes halogenated alkanes) is 2. The van der Waals surface area contributed by atoms with Gasteiger partial charge in [0.2, 0.25) is 29.5 Å². The predicted molar refractivity (Wildman–Crippen MR) is 250 cm³/mol. The third-order valence-electron chi connectivity index (χ3n) is 12.4. The second-order valence-electron chi connectivity index (χ2n) is 17.8. The number of aliphatic hydroxyl groups is 6. The smallest absolute Gasteiger partial charge is 0.352 e. The molecule has 2 aromatic carbocycles. The molecule has 24 nitrogen and oxygen atoms in total. The lowest BCUT2D eigenvalue weighted by Gasteiger charge is -2.35. The Hall–Kier alpha value is -6.96. The number of carbonyl (C=O) groups is 8. The number of rotatable bonds is 13. The van der Waals surface area contributed by atoms with Gasteiger partial charge >= 0.3 is 5.97 Å². The van der Waals surface area contributed by atoms with Crippen LogP contribution in [0.4, 0.5) is 0 Å². The molecule has 2 aliphatic rings. The number of fused-ring (bicyclic) bond motifs is 2. The van der Waals surface area contributed by atoms with Crippen LogP contribution in [0.15, 0.2) is 54.6 Å². The molecule has 0 radical (unpaired) electrons. The van der Waals surface area contributed by atoms with E-state index in [0.717, 1.165) is 23.3 Å². The number of aromatic amines is 1. The van der Waals surface area contributed by atoms with E-state index in [0.29, 0.717) is 36.6 Å². The van der Waals surface area contributed by atoms with E-state index in [-0.39, 0.29) is 11.3 Å². The van der Waals surface area contributed by atoms with Gasteiger partial charge in [-0.15, -0.1) is 0 Å². The highest BCUT2D eigenvalue weighted by Crippen LogP contribution is 2.27. The maximum atomic E-state index is 13.8. The van der Waals surface area contributed by atoms with Gasteiger partial charge in [-0.1, -0.05) is 55.8 Å². The van der Waals surface area contributed by atoms with Crippen molar-refractivity contribution in [2.45, 2.75) is 106 Å². The van der Waals surface area contributed by atoms with E-state index in [4.69, 9.17) is 4.74 Å². The summed E-state index contributed by atoms with van der Waals surface area (Å²) in [5, 5.41) is 91.1. The third kappa shape index (κ3) is 14.6. The molecule has 5 rings (SSSR count). The van der Waals surface area contributed by atoms with E-state index in [1.54, 1.807) is 38.3 Å². The molecule has 386 valence electrons. The molecule has 2 aliphatic heterocycles. The summed E-state index contributed by atoms with van der Waals surface area (Å²) in [6.45, 7) is -0.564. The number of nitrogens with one attached hydrogen (secondary N) is 7. The monoisotopic (exact) mass is 994 g/mol. The van der Waals surface area contributed by atoms with Crippen molar-refractivity contribution in [3.8, 4) is 5.75 Å². The third-order valence-corrected chi connectivity index (χ3v) is 12.4. The SMILES string of the molecule is COc1ccc(/C=C/CCCC[C@H](C)[C@H](O)[C@@H](O)[C@H]2NC(=O)C[C@H](O)CNC(=O)CNC(=O)[C@@H](Cc3c(C(=O)O)[nH]c4ccccc34)NC(=O)CN(C)C(=O)C[C@@]3(O)NC(=O)[C@H](O)[C@@H]3NC(=O)[C@@H]2O)cc1. The summed E-state index contributed by atoms with van der Waals surface area (Å²) >= 11 is 0. The van der Waals surface area contributed by atoms with Crippen LogP contribution in [0, 0.1) is 5.92 Å². The molecule has 0 aliphatic carbocycles. The zero-order valence-corrected chi connectivity index (χ0v) is 39.3. The number of likely N-dealkylation sites (N-methyl/N-ethyl adjacent to an activating group) is 1. The van der Waals surface area contributed by atoms with Gasteiger partial charge in [0.05, 0.1) is 51.3 Å². The minimum atomic E-state index is -2.78. The average molecular weight is 995 g/mol. The van der Waals surface area contributed by atoms with Crippen molar-refractivity contribution in [3.05, 3.63) is 71.4 Å². The van der Waals surface area contributed by atoms with E-state index in [9.17, 15) is 74.1 Å². The second-order valence-corrected chi connectivity index (χ2v) is 17.8. The molecule has 3 aromatic rings. The van der Waals surface area contributed by atoms with Crippen LogP contribution in [0.1, 0.15) is 67.1 Å². The Morgan fingerprint density at radius 2 is 1.58 bits per heavy atom. The topological polar surface area (TPSA) is 379 Å². The van der Waals surface area contributed by atoms with Crippen LogP contribution in [-0.2, 0) is 40.0 Å². The van der Waals surface area contributed by atoms with Crippen molar-refractivity contribution in [1.82, 2.24) is 41.8 Å². The molecule has 0 bridgehead atoms. The number of aromatic carboxylic acids is 1. The van der Waals surface area contributed by atoms with Crippen LogP contribution in [-0.4, -0.2) is 181 Å². The second kappa shape index (κ2) is 24.7. The largest absolute Gasteiger partial charge is 0.497 e. The number of aliphatic hydroxyl groups excluding tert-OH is 5. The quantitative estimate of drug-likeness (QED) is 0.0754. The molecule has 0 saturated carbocycles. The van der Waals surface area contributed by atoms with Crippen molar-refractivity contribution in [3.63, 3.8) is 0 Å². The molecule has 14 N–H and O–H groups in total. The Labute approximate surface area is 407 Å². The Bertz CT molecular complexity index is 2450. The van der Waals surface area contributed by atoms with Gasteiger partial charge in [-0.2, -0.15) is 0 Å². The molecule has 24 heteroatoms. The van der Waals surface area contributed by atoms with E-state index >= 15 is 0 Å². The zero-order valence-electron chi connectivity index (χ0n) is 39.3. The maximum Gasteiger partial charge on any atom is 0.352 e. The highest BCUT2D eigenvalue weighted by molar-refractivity contribution is 5.99. The first kappa shape index (κ1) is 55.0. The standard InChI is InChI=1S/C47H62N8O16/c1-24(10-6-4-5-7-11-25-14-16-27(71-3)17-15-25)38(61)39(62)37-40(63)44(66)53-42-41(64)45(67)54-47(42,70)20-35(60)55(2)23-34(59)50-31(19-29-28-12-8-9-13-30(28)51-36(29)46(68)69)43(65)49-22-33(58)48-21-26(56)18-32(57)52-37/h7-9,11-17,24,26,31,37-42,51,56,61-64,70H,4-6,10,18-23H2,1-3H3,(H,48,58)(H,49,65)(H,50,59)(H,52,57)(H,53,66)(H,54,67)(H,68,69)/b11-7+/t24-,26-,31+,37+,38-,39-,40+,41+,42-,47-/m0/s1. The molecular weight excluding hydrogens is 933 g/mol. The first-order valence-corrected chi connectivity index (χ1v) is 22.9. The van der Waals surface area contributed by atoms with E-state index in [1.165, 1.54) is 0 Å². The van der Waals surface area contributed by atoms with Crippen molar-refractivity contribution in [2.75, 3.05) is 33.8 Å². The molecule has 71 heavy (non-hydrogen) atoms. The number of methoxy groups -OCH3 is 1. The Kier molecular flexibility index (Phi) is 19.2. The first-order chi connectivity index (χ1) is 33.6. The van der Waals surface area contributed by atoms with Gasteiger partial charge in [0, 0.05) is 30.9 Å². The molecular formula is C47H62N8O16. The summed E-state index contributed by atoms with van der Waals surface area (Å²) in [5.41, 5.74) is -1.61. The molecule has 1 aromatic heterocycles. The minimum absolute atomic E-state index is 0.108. The van der Waals surface area contributed by atoms with Crippen molar-refractivity contribution in [1.29, 1.82) is 0 Å². The summed E-state index contributed by atoms with van der Waals surface area (Å²) in [5.74, 6) is -9.14. The molecule has 7 amide bonds. The van der Waals surface area contributed by atoms with E-state index < -0.39 is 147 Å². The number of H-pyrrole nitrogens is 1. The molecule has 3 heterocycles. The number of hydrogen-bond donors (Lipinski definition) is 14. The highest BCUT2D eigenvalue weighted by atomic mass is 16.5. The first-order valence-electron chi connectivity index (χ1n) is 22.9. The summed E-state index contributed by atoms with van der Waals surface area (Å²) < 4.78 is 5.17. The van der Waals surface area contributed by atoms with Crippen molar-refractivity contribution >= 4 is 64.3 Å². The van der Waals surface area contributed by atoms with Gasteiger partial charge in [0.25, 0.3) is 11.8 Å². The van der Waals surface area contributed by atoms with Crippen LogP contribution >= 0.6 is 0 Å². The summed E-state index contributed by atoms with van der Waals surface area (Å²) in [4.78, 5) is 109. The number of carboxylic acids is 1. The number of aromatic nitrogens is 1. The number of amides is 7. The van der Waals surface area contributed by atoms with Crippen LogP contribution in [0.5, 0.6) is 5.75 Å². The van der Waals surface area contributed by atoms with Gasteiger partial charge in [0.15, 0.2) is 17.9 Å². The van der Waals surface area contributed by atoms with Crippen LogP contribution in [0.2, 0.25) is 0 Å². The maximum absolute atomic E-state index is 13.8. The molecule has 0 spiro atoms. The molecule has 2 saturated heterocycles. The number of benzene rings is 2. The number of nitrogens with zero attached hydrogens (tertiary/aromatic N) is 1. The molecule has 2 fully saturated rings. The number of allylic oxidation sites excluding steroid dienone is 1. The number of carbonyl (C=O) groups excluding carboxylic acids is 7. The van der Waals surface area contributed by atoms with Gasteiger partial charge in [-0.3, -0.25) is 33.6 Å². The number of para-hydroxylation sites is 1. The fourth-order valence-electron chi connectivity index (χ4n) is 8.30. The van der Waals surface area contributed by atoms with Crippen LogP contribution in [0.3, 0.4) is 0 Å². The molecule has 0 unspecified atom stereocenters. The zero-order chi connectivity index (χ0) is 52.2. The highest BCUT2D eigenvalue weighted by Gasteiger charge is 2.55. The number of carboxylic acid groups (broad SMARTS) is 1. The average Bonchev–Trinajstić information content (AvgIpc) is 3.80. The minimum Gasteiger partial charge on any atom is -0.497 e. The summed E-state index contributed by atoms with van der Waals surface area (Å²) in [7, 11) is 2.68. The Morgan fingerprint density at radius 3 is 2.27 bits per heavy atom. The van der Waals surface area contributed by atoms with Gasteiger partial charge in [0.1, 0.15) is 29.6 Å². The van der Waals surface area contributed by atoms with E-state index in [2.05, 4.69) is 31.6 Å². The number of β-amino-alcohol motifs (C(OH)–C–C–N with tert-alkyl or cyclic N) is 1. The molecule has 10 atom stereocenters. The number of ether oxygens (including phenoxy) is 1. The van der Waals surface area contributed by atoms with Crippen LogP contribution < -0.4 is 36.6 Å². The van der Waals surface area contributed by atoms with Crippen molar-refractivity contribution in [2.24, 2.45) is 5.92 Å².